The number of amides is 3. The Morgan fingerprint density at radius 1 is 1.39 bits per heavy atom. The summed E-state index contributed by atoms with van der Waals surface area (Å²) in [6.45, 7) is 2.50. The third-order valence-corrected chi connectivity index (χ3v) is 3.88. The van der Waals surface area contributed by atoms with Crippen LogP contribution in [0.15, 0.2) is 34.9 Å². The lowest BCUT2D eigenvalue weighted by atomic mass is 10.1. The number of hydrogen-bond acceptors (Lipinski definition) is 4. The highest BCUT2D eigenvalue weighted by Gasteiger charge is 2.32. The molecule has 1 fully saturated rings. The van der Waals surface area contributed by atoms with Gasteiger partial charge in [0.1, 0.15) is 11.5 Å². The second kappa shape index (κ2) is 6.12. The normalized spacial score (nSPS) is 17.3. The number of nitrogens with one attached hydrogen (secondary N) is 1. The van der Waals surface area contributed by atoms with E-state index in [1.54, 1.807) is 29.2 Å². The fourth-order valence-corrected chi connectivity index (χ4v) is 2.90. The molecule has 23 heavy (non-hydrogen) atoms. The zero-order valence-corrected chi connectivity index (χ0v) is 12.8. The number of aromatic nitrogens is 1. The average Bonchev–Trinajstić information content (AvgIpc) is 3.14. The molecule has 3 amide bonds. The van der Waals surface area contributed by atoms with Crippen molar-refractivity contribution >= 4 is 17.6 Å². The zero-order valence-electron chi connectivity index (χ0n) is 12.8. The summed E-state index contributed by atoms with van der Waals surface area (Å²) in [5.41, 5.74) is 6.89. The quantitative estimate of drug-likeness (QED) is 0.908. The number of nitrogens with zero attached hydrogens (tertiary/aromatic N) is 2. The van der Waals surface area contributed by atoms with Crippen molar-refractivity contribution in [2.75, 3.05) is 11.9 Å². The van der Waals surface area contributed by atoms with Crippen molar-refractivity contribution in [3.63, 3.8) is 0 Å². The van der Waals surface area contributed by atoms with Crippen LogP contribution in [0.4, 0.5) is 10.5 Å². The van der Waals surface area contributed by atoms with E-state index in [0.29, 0.717) is 17.8 Å². The predicted octanol–water partition coefficient (Wildman–Crippen LogP) is 2.45. The van der Waals surface area contributed by atoms with Crippen molar-refractivity contribution in [1.82, 2.24) is 10.1 Å². The first-order chi connectivity index (χ1) is 11.0. The van der Waals surface area contributed by atoms with Gasteiger partial charge in [-0.3, -0.25) is 4.79 Å². The number of carbonyl (C=O) groups is 2. The van der Waals surface area contributed by atoms with Crippen LogP contribution in [0.25, 0.3) is 0 Å². The highest BCUT2D eigenvalue weighted by Crippen LogP contribution is 2.33. The Kier molecular flexibility index (Phi) is 4.01. The molecule has 0 unspecified atom stereocenters. The number of urea groups is 1. The van der Waals surface area contributed by atoms with Crippen LogP contribution < -0.4 is 11.1 Å². The molecular weight excluding hydrogens is 296 g/mol. The number of anilines is 1. The molecule has 7 nitrogen and oxygen atoms in total. The van der Waals surface area contributed by atoms with E-state index in [-0.39, 0.29) is 11.9 Å². The molecule has 120 valence electrons. The maximum Gasteiger partial charge on any atom is 0.316 e. The minimum Gasteiger partial charge on any atom is -0.361 e. The Balaban J connectivity index is 1.83. The number of aryl methyl sites for hydroxylation is 1. The fraction of sp³-hybridized carbons (Fsp3) is 0.312. The van der Waals surface area contributed by atoms with Crippen molar-refractivity contribution in [3.05, 3.63) is 47.3 Å². The van der Waals surface area contributed by atoms with Gasteiger partial charge in [-0.15, -0.1) is 0 Å². The van der Waals surface area contributed by atoms with Gasteiger partial charge in [-0.2, -0.15) is 0 Å². The third-order valence-electron chi connectivity index (χ3n) is 3.88. The van der Waals surface area contributed by atoms with E-state index in [1.807, 2.05) is 13.0 Å². The van der Waals surface area contributed by atoms with Gasteiger partial charge in [0.05, 0.1) is 6.04 Å². The van der Waals surface area contributed by atoms with Gasteiger partial charge in [0.2, 0.25) is 0 Å². The molecular formula is C16H18N4O3. The average molecular weight is 314 g/mol. The van der Waals surface area contributed by atoms with Gasteiger partial charge in [0.25, 0.3) is 5.91 Å². The molecule has 1 aliphatic rings. The Morgan fingerprint density at radius 2 is 2.22 bits per heavy atom. The van der Waals surface area contributed by atoms with Gasteiger partial charge in [-0.05, 0) is 38.0 Å². The molecule has 1 atom stereocenters. The number of likely N-dealkylation sites (tertiary alicyclic amines) is 1. The fourth-order valence-electron chi connectivity index (χ4n) is 2.90. The van der Waals surface area contributed by atoms with E-state index < -0.39 is 6.03 Å². The largest absolute Gasteiger partial charge is 0.361 e. The molecule has 3 rings (SSSR count). The standard InChI is InChI=1S/C16H18N4O3/c1-10-8-13(19-23-10)14-6-3-7-20(14)15(21)11-4-2-5-12(9-11)18-16(17)22/h2,4-5,8-9,14H,3,6-7H2,1H3,(H3,17,18,22)/t14-/m0/s1. The van der Waals surface area contributed by atoms with E-state index in [1.165, 1.54) is 0 Å². The molecule has 3 N–H and O–H groups in total. The van der Waals surface area contributed by atoms with Crippen molar-refractivity contribution in [2.24, 2.45) is 5.73 Å². The van der Waals surface area contributed by atoms with Crippen LogP contribution in [-0.4, -0.2) is 28.5 Å². The molecule has 2 heterocycles. The molecule has 2 aromatic rings. The minimum atomic E-state index is -0.660. The van der Waals surface area contributed by atoms with Crippen molar-refractivity contribution in [2.45, 2.75) is 25.8 Å². The molecule has 1 aromatic carbocycles. The lowest BCUT2D eigenvalue weighted by Crippen LogP contribution is -2.30. The summed E-state index contributed by atoms with van der Waals surface area (Å²) in [4.78, 5) is 25.5. The van der Waals surface area contributed by atoms with E-state index in [4.69, 9.17) is 10.3 Å². The molecule has 0 aliphatic carbocycles. The number of benzene rings is 1. The second-order valence-corrected chi connectivity index (χ2v) is 5.59. The van der Waals surface area contributed by atoms with Crippen LogP contribution in [0.1, 0.15) is 40.7 Å². The Morgan fingerprint density at radius 3 is 2.91 bits per heavy atom. The molecule has 1 aromatic heterocycles. The number of rotatable bonds is 3. The highest BCUT2D eigenvalue weighted by molar-refractivity contribution is 5.97. The highest BCUT2D eigenvalue weighted by atomic mass is 16.5. The maximum atomic E-state index is 12.8. The third kappa shape index (κ3) is 3.18. The van der Waals surface area contributed by atoms with Gasteiger partial charge < -0.3 is 20.5 Å². The summed E-state index contributed by atoms with van der Waals surface area (Å²) in [7, 11) is 0. The first kappa shape index (κ1) is 15.1. The van der Waals surface area contributed by atoms with Crippen molar-refractivity contribution in [1.29, 1.82) is 0 Å². The van der Waals surface area contributed by atoms with Gasteiger partial charge in [0.15, 0.2) is 0 Å². The zero-order chi connectivity index (χ0) is 16.4. The van der Waals surface area contributed by atoms with E-state index in [0.717, 1.165) is 24.3 Å². The smallest absolute Gasteiger partial charge is 0.316 e. The van der Waals surface area contributed by atoms with Crippen LogP contribution in [0.2, 0.25) is 0 Å². The Labute approximate surface area is 133 Å². The van der Waals surface area contributed by atoms with E-state index >= 15 is 0 Å². The molecule has 1 saturated heterocycles. The molecule has 7 heteroatoms. The van der Waals surface area contributed by atoms with E-state index in [9.17, 15) is 9.59 Å². The van der Waals surface area contributed by atoms with Gasteiger partial charge in [0, 0.05) is 23.9 Å². The first-order valence-corrected chi connectivity index (χ1v) is 7.45. The number of primary amides is 1. The van der Waals surface area contributed by atoms with Crippen LogP contribution >= 0.6 is 0 Å². The van der Waals surface area contributed by atoms with Crippen LogP contribution in [0.5, 0.6) is 0 Å². The summed E-state index contributed by atoms with van der Waals surface area (Å²) in [5.74, 6) is 0.633. The lowest BCUT2D eigenvalue weighted by Gasteiger charge is -2.23. The van der Waals surface area contributed by atoms with Crippen LogP contribution in [-0.2, 0) is 0 Å². The van der Waals surface area contributed by atoms with Crippen LogP contribution in [0, 0.1) is 6.92 Å². The van der Waals surface area contributed by atoms with Crippen LogP contribution in [0.3, 0.4) is 0 Å². The van der Waals surface area contributed by atoms with Gasteiger partial charge in [-0.25, -0.2) is 4.79 Å². The minimum absolute atomic E-state index is 0.0762. The summed E-state index contributed by atoms with van der Waals surface area (Å²) < 4.78 is 5.12. The summed E-state index contributed by atoms with van der Waals surface area (Å²) in [6.07, 6.45) is 1.78. The first-order valence-electron chi connectivity index (χ1n) is 7.45. The van der Waals surface area contributed by atoms with Crippen molar-refractivity contribution in [3.8, 4) is 0 Å². The molecule has 0 radical (unpaired) electrons. The van der Waals surface area contributed by atoms with Gasteiger partial charge >= 0.3 is 6.03 Å². The molecule has 1 aliphatic heterocycles. The molecule has 0 bridgehead atoms. The summed E-state index contributed by atoms with van der Waals surface area (Å²) in [6, 6.07) is 7.86. The number of nitrogens with two attached hydrogens (primary N) is 1. The number of hydrogen-bond donors (Lipinski definition) is 2. The lowest BCUT2D eigenvalue weighted by molar-refractivity contribution is 0.0731. The number of carbonyl (C=O) groups excluding carboxylic acids is 2. The summed E-state index contributed by atoms with van der Waals surface area (Å²) in [5, 5.41) is 6.52. The topological polar surface area (TPSA) is 101 Å². The van der Waals surface area contributed by atoms with Crippen molar-refractivity contribution < 1.29 is 14.1 Å². The SMILES string of the molecule is Cc1cc([C@@H]2CCCN2C(=O)c2cccc(NC(N)=O)c2)no1. The second-order valence-electron chi connectivity index (χ2n) is 5.59. The maximum absolute atomic E-state index is 12.8. The summed E-state index contributed by atoms with van der Waals surface area (Å²) >= 11 is 0. The van der Waals surface area contributed by atoms with Gasteiger partial charge in [-0.1, -0.05) is 11.2 Å². The van der Waals surface area contributed by atoms with E-state index in [2.05, 4.69) is 10.5 Å². The Hall–Kier alpha value is -2.83. The molecule has 0 spiro atoms. The predicted molar refractivity (Wildman–Crippen MR) is 83.9 cm³/mol. The monoisotopic (exact) mass is 314 g/mol. The Bertz CT molecular complexity index is 740. The molecule has 0 saturated carbocycles.